The quantitative estimate of drug-likeness (QED) is 0.678. The molecule has 0 aliphatic rings. The molecule has 5 heteroatoms. The minimum absolute atomic E-state index is 0.381. The average molecular weight is 186 g/mol. The van der Waals surface area contributed by atoms with Crippen molar-refractivity contribution in [2.24, 2.45) is 0 Å². The Morgan fingerprint density at radius 2 is 2.08 bits per heavy atom. The highest BCUT2D eigenvalue weighted by atomic mass is 35.5. The van der Waals surface area contributed by atoms with Crippen LogP contribution in [0.3, 0.4) is 0 Å². The molecule has 0 aliphatic heterocycles. The van der Waals surface area contributed by atoms with Crippen LogP contribution in [0.5, 0.6) is 5.75 Å². The van der Waals surface area contributed by atoms with Gasteiger partial charge in [0.2, 0.25) is 0 Å². The van der Waals surface area contributed by atoms with Crippen LogP contribution in [-0.2, 0) is 0 Å². The molecule has 0 amide bonds. The second-order valence-corrected chi connectivity index (χ2v) is 2.76. The lowest BCUT2D eigenvalue weighted by atomic mass is 10.2. The van der Waals surface area contributed by atoms with E-state index in [0.29, 0.717) is 10.8 Å². The zero-order valence-corrected chi connectivity index (χ0v) is 7.25. The van der Waals surface area contributed by atoms with Gasteiger partial charge in [-0.25, -0.2) is 0 Å². The van der Waals surface area contributed by atoms with Gasteiger partial charge in [0.25, 0.3) is 0 Å². The third-order valence-electron chi connectivity index (χ3n) is 1.37. The second kappa shape index (κ2) is 3.80. The van der Waals surface area contributed by atoms with Crippen LogP contribution in [-0.4, -0.2) is 17.4 Å². The summed E-state index contributed by atoms with van der Waals surface area (Å²) in [5, 5.41) is 17.6. The fourth-order valence-corrected chi connectivity index (χ4v) is 0.930. The van der Waals surface area contributed by atoms with Gasteiger partial charge in [-0.1, -0.05) is 11.6 Å². The molecule has 0 bridgehead atoms. The highest BCUT2D eigenvalue weighted by Gasteiger charge is 2.11. The Morgan fingerprint density at radius 1 is 1.42 bits per heavy atom. The molecule has 3 nitrogen and oxygen atoms in total. The highest BCUT2D eigenvalue weighted by molar-refractivity contribution is 6.34. The van der Waals surface area contributed by atoms with E-state index in [-0.39, 0.29) is 0 Å². The van der Waals surface area contributed by atoms with Gasteiger partial charge in [-0.3, -0.25) is 0 Å². The van der Waals surface area contributed by atoms with Crippen molar-refractivity contribution in [2.75, 3.05) is 0 Å². The molecular formula is C7H8BClO3. The van der Waals surface area contributed by atoms with Crippen molar-refractivity contribution >= 4 is 18.9 Å². The predicted molar refractivity (Wildman–Crippen MR) is 47.0 cm³/mol. The van der Waals surface area contributed by atoms with Crippen LogP contribution >= 0.6 is 11.6 Å². The monoisotopic (exact) mass is 186 g/mol. The third kappa shape index (κ3) is 2.41. The fraction of sp³-hybridized carbons (Fsp3) is 0.143. The number of aryl methyl sites for hydroxylation is 1. The van der Waals surface area contributed by atoms with E-state index in [0.717, 1.165) is 5.56 Å². The van der Waals surface area contributed by atoms with Crippen LogP contribution in [0.15, 0.2) is 18.2 Å². The summed E-state index contributed by atoms with van der Waals surface area (Å²) < 4.78 is 4.60. The maximum atomic E-state index is 8.47. The lowest BCUT2D eigenvalue weighted by molar-refractivity contribution is 0.288. The standard InChI is InChI=1S/C7H8BClO3/c1-5-4-6(12-8(10)11)2-3-7(5)9/h2-4,10-11H,1H3. The van der Waals surface area contributed by atoms with Gasteiger partial charge in [0.05, 0.1) is 0 Å². The molecular weight excluding hydrogens is 178 g/mol. The SMILES string of the molecule is Cc1cc(OB(O)O)ccc1Cl. The van der Waals surface area contributed by atoms with E-state index in [2.05, 4.69) is 4.65 Å². The molecule has 0 saturated carbocycles. The fourth-order valence-electron chi connectivity index (χ4n) is 0.812. The molecule has 64 valence electrons. The molecule has 0 aliphatic carbocycles. The van der Waals surface area contributed by atoms with E-state index in [1.54, 1.807) is 25.1 Å². The Labute approximate surface area is 75.7 Å². The lowest BCUT2D eigenvalue weighted by Crippen LogP contribution is -2.20. The molecule has 0 radical (unpaired) electrons. The molecule has 1 aromatic carbocycles. The molecule has 0 fully saturated rings. The van der Waals surface area contributed by atoms with Gasteiger partial charge in [0, 0.05) is 5.02 Å². The number of halogens is 1. The molecule has 0 unspecified atom stereocenters. The zero-order chi connectivity index (χ0) is 9.14. The van der Waals surface area contributed by atoms with E-state index < -0.39 is 7.32 Å². The summed E-state index contributed by atoms with van der Waals surface area (Å²) in [7, 11) is -1.79. The smallest absolute Gasteiger partial charge is 0.512 e. The summed E-state index contributed by atoms with van der Waals surface area (Å²) in [6.07, 6.45) is 0. The maximum Gasteiger partial charge on any atom is 0.707 e. The first kappa shape index (κ1) is 9.38. The minimum atomic E-state index is -1.79. The average Bonchev–Trinajstić information content (AvgIpc) is 1.96. The van der Waals surface area contributed by atoms with Crippen LogP contribution in [0, 0.1) is 6.92 Å². The van der Waals surface area contributed by atoms with Gasteiger partial charge in [-0.2, -0.15) is 0 Å². The first-order valence-corrected chi connectivity index (χ1v) is 3.76. The summed E-state index contributed by atoms with van der Waals surface area (Å²) in [5.74, 6) is 0.381. The van der Waals surface area contributed by atoms with Crippen LogP contribution in [0.2, 0.25) is 5.02 Å². The molecule has 2 N–H and O–H groups in total. The molecule has 0 spiro atoms. The van der Waals surface area contributed by atoms with Crippen molar-refractivity contribution in [3.05, 3.63) is 28.8 Å². The van der Waals surface area contributed by atoms with Gasteiger partial charge < -0.3 is 14.7 Å². The van der Waals surface area contributed by atoms with E-state index in [1.807, 2.05) is 0 Å². The van der Waals surface area contributed by atoms with Crippen molar-refractivity contribution < 1.29 is 14.7 Å². The predicted octanol–water partition coefficient (Wildman–Crippen LogP) is 0.997. The summed E-state index contributed by atoms with van der Waals surface area (Å²) in [5.41, 5.74) is 0.829. The molecule has 0 heterocycles. The molecule has 12 heavy (non-hydrogen) atoms. The van der Waals surface area contributed by atoms with Crippen LogP contribution in [0.1, 0.15) is 5.56 Å². The molecule has 0 aromatic heterocycles. The summed E-state index contributed by atoms with van der Waals surface area (Å²) >= 11 is 5.74. The number of rotatable bonds is 2. The third-order valence-corrected chi connectivity index (χ3v) is 1.79. The summed E-state index contributed by atoms with van der Waals surface area (Å²) in [4.78, 5) is 0. The first-order valence-electron chi connectivity index (χ1n) is 3.38. The Bertz CT molecular complexity index is 277. The van der Waals surface area contributed by atoms with E-state index in [9.17, 15) is 0 Å². The lowest BCUT2D eigenvalue weighted by Gasteiger charge is -2.05. The topological polar surface area (TPSA) is 49.7 Å². The van der Waals surface area contributed by atoms with Gasteiger partial charge in [-0.15, -0.1) is 0 Å². The largest absolute Gasteiger partial charge is 0.707 e. The van der Waals surface area contributed by atoms with Crippen molar-refractivity contribution in [1.82, 2.24) is 0 Å². The first-order chi connectivity index (χ1) is 5.59. The summed E-state index contributed by atoms with van der Waals surface area (Å²) in [6.45, 7) is 1.80. The number of hydrogen-bond acceptors (Lipinski definition) is 3. The normalized spacial score (nSPS) is 9.67. The van der Waals surface area contributed by atoms with E-state index in [1.165, 1.54) is 0 Å². The van der Waals surface area contributed by atoms with Gasteiger partial charge in [0.1, 0.15) is 5.75 Å². The number of hydrogen-bond donors (Lipinski definition) is 2. The molecule has 1 aromatic rings. The Balaban J connectivity index is 2.82. The van der Waals surface area contributed by atoms with Gasteiger partial charge in [0.15, 0.2) is 0 Å². The maximum absolute atomic E-state index is 8.47. The van der Waals surface area contributed by atoms with Crippen molar-refractivity contribution in [3.63, 3.8) is 0 Å². The van der Waals surface area contributed by atoms with Gasteiger partial charge in [-0.05, 0) is 30.7 Å². The Kier molecular flexibility index (Phi) is 2.97. The van der Waals surface area contributed by atoms with Crippen molar-refractivity contribution in [1.29, 1.82) is 0 Å². The van der Waals surface area contributed by atoms with Crippen LogP contribution in [0.25, 0.3) is 0 Å². The Morgan fingerprint density at radius 3 is 2.58 bits per heavy atom. The highest BCUT2D eigenvalue weighted by Crippen LogP contribution is 2.20. The van der Waals surface area contributed by atoms with E-state index >= 15 is 0 Å². The van der Waals surface area contributed by atoms with Gasteiger partial charge >= 0.3 is 7.32 Å². The zero-order valence-electron chi connectivity index (χ0n) is 6.49. The van der Waals surface area contributed by atoms with Crippen LogP contribution < -0.4 is 4.65 Å². The minimum Gasteiger partial charge on any atom is -0.512 e. The molecule has 1 rings (SSSR count). The molecule has 0 saturated heterocycles. The van der Waals surface area contributed by atoms with E-state index in [4.69, 9.17) is 21.6 Å². The Hall–Kier alpha value is -0.705. The van der Waals surface area contributed by atoms with Crippen molar-refractivity contribution in [3.8, 4) is 5.75 Å². The molecule has 0 atom stereocenters. The number of benzene rings is 1. The van der Waals surface area contributed by atoms with Crippen molar-refractivity contribution in [2.45, 2.75) is 6.92 Å². The second-order valence-electron chi connectivity index (χ2n) is 2.36. The summed E-state index contributed by atoms with van der Waals surface area (Å²) in [6, 6.07) is 4.82. The van der Waals surface area contributed by atoms with Crippen LogP contribution in [0.4, 0.5) is 0 Å².